The number of hydrogen-bond acceptors (Lipinski definition) is 3. The summed E-state index contributed by atoms with van der Waals surface area (Å²) in [4.78, 5) is 16.2. The third-order valence-electron chi connectivity index (χ3n) is 7.18. The number of rotatable bonds is 2. The highest BCUT2D eigenvalue weighted by Gasteiger charge is 2.68. The number of carbonyl (C=O) groups excluding carboxylic acids is 1. The molecule has 1 spiro atoms. The van der Waals surface area contributed by atoms with E-state index in [2.05, 4.69) is 5.32 Å². The van der Waals surface area contributed by atoms with Crippen molar-refractivity contribution in [3.63, 3.8) is 0 Å². The summed E-state index contributed by atoms with van der Waals surface area (Å²) in [5, 5.41) is 3.39. The van der Waals surface area contributed by atoms with E-state index in [1.54, 1.807) is 0 Å². The second-order valence-electron chi connectivity index (χ2n) is 9.06. The molecule has 3 aromatic carbocycles. The second kappa shape index (κ2) is 6.62. The summed E-state index contributed by atoms with van der Waals surface area (Å²) in [6, 6.07) is 20.1. The molecule has 4 nitrogen and oxygen atoms in total. The van der Waals surface area contributed by atoms with Crippen LogP contribution >= 0.6 is 0 Å². The Morgan fingerprint density at radius 2 is 1.66 bits per heavy atom. The molecule has 0 aromatic heterocycles. The fourth-order valence-corrected chi connectivity index (χ4v) is 5.93. The monoisotopic (exact) mass is 432 g/mol. The highest BCUT2D eigenvalue weighted by molar-refractivity contribution is 5.97. The molecule has 32 heavy (non-hydrogen) atoms. The van der Waals surface area contributed by atoms with Crippen LogP contribution in [0.3, 0.4) is 0 Å². The van der Waals surface area contributed by atoms with Crippen LogP contribution in [0.5, 0.6) is 0 Å². The molecular weight excluding hydrogens is 410 g/mol. The number of fused-ring (bicyclic) bond motifs is 3. The molecule has 0 aliphatic carbocycles. The van der Waals surface area contributed by atoms with Crippen molar-refractivity contribution in [1.82, 2.24) is 4.90 Å². The van der Waals surface area contributed by atoms with Crippen molar-refractivity contribution in [2.24, 2.45) is 0 Å². The third kappa shape index (κ3) is 2.53. The Balaban J connectivity index is 1.53. The maximum absolute atomic E-state index is 14.3. The quantitative estimate of drug-likeness (QED) is 0.613. The number of carbonyl (C=O) groups is 1. The van der Waals surface area contributed by atoms with Crippen molar-refractivity contribution in [2.75, 3.05) is 11.9 Å². The summed E-state index contributed by atoms with van der Waals surface area (Å²) >= 11 is 0. The number of benzene rings is 3. The van der Waals surface area contributed by atoms with E-state index in [0.717, 1.165) is 22.9 Å². The van der Waals surface area contributed by atoms with Gasteiger partial charge in [0.1, 0.15) is 22.8 Å². The van der Waals surface area contributed by atoms with Crippen LogP contribution < -0.4 is 5.32 Å². The third-order valence-corrected chi connectivity index (χ3v) is 7.18. The predicted octanol–water partition coefficient (Wildman–Crippen LogP) is 5.09. The van der Waals surface area contributed by atoms with E-state index in [0.29, 0.717) is 18.6 Å². The Morgan fingerprint density at radius 3 is 2.41 bits per heavy atom. The van der Waals surface area contributed by atoms with Gasteiger partial charge < -0.3 is 15.0 Å². The van der Waals surface area contributed by atoms with Gasteiger partial charge in [0.15, 0.2) is 0 Å². The Labute approximate surface area is 184 Å². The average molecular weight is 432 g/mol. The van der Waals surface area contributed by atoms with Gasteiger partial charge in [0.2, 0.25) is 5.91 Å². The number of amides is 1. The molecule has 4 atom stereocenters. The minimum atomic E-state index is -1.03. The SMILES string of the molecule is C[C@@]12C[C@@]3(C(=O)N1[C@@H](c1ccccc1)CO2)c1ccccc1N[C@@H]3c1cc(F)cc(F)c1. The van der Waals surface area contributed by atoms with Gasteiger partial charge in [0, 0.05) is 18.2 Å². The van der Waals surface area contributed by atoms with Crippen LogP contribution in [0.1, 0.15) is 42.1 Å². The number of nitrogens with zero attached hydrogens (tertiary/aromatic N) is 1. The Hall–Kier alpha value is -3.25. The van der Waals surface area contributed by atoms with Crippen molar-refractivity contribution in [2.45, 2.75) is 36.6 Å². The lowest BCUT2D eigenvalue weighted by atomic mass is 9.71. The smallest absolute Gasteiger partial charge is 0.238 e. The van der Waals surface area contributed by atoms with Crippen molar-refractivity contribution in [3.05, 3.63) is 101 Å². The minimum Gasteiger partial charge on any atom is -0.377 e. The Bertz CT molecular complexity index is 1210. The van der Waals surface area contributed by atoms with Gasteiger partial charge >= 0.3 is 0 Å². The minimum absolute atomic E-state index is 0.0847. The van der Waals surface area contributed by atoms with Crippen molar-refractivity contribution >= 4 is 11.6 Å². The summed E-state index contributed by atoms with van der Waals surface area (Å²) in [6.07, 6.45) is 0.384. The van der Waals surface area contributed by atoms with Crippen LogP contribution in [-0.2, 0) is 14.9 Å². The van der Waals surface area contributed by atoms with E-state index in [4.69, 9.17) is 4.74 Å². The van der Waals surface area contributed by atoms with E-state index in [1.807, 2.05) is 66.4 Å². The lowest BCUT2D eigenvalue weighted by Gasteiger charge is -2.32. The summed E-state index contributed by atoms with van der Waals surface area (Å²) < 4.78 is 34.6. The molecule has 0 bridgehead atoms. The zero-order valence-corrected chi connectivity index (χ0v) is 17.5. The normalized spacial score (nSPS) is 30.5. The van der Waals surface area contributed by atoms with Gasteiger partial charge in [0.25, 0.3) is 0 Å². The summed E-state index contributed by atoms with van der Waals surface area (Å²) in [6.45, 7) is 2.35. The summed E-state index contributed by atoms with van der Waals surface area (Å²) in [5.74, 6) is -1.41. The molecule has 3 aromatic rings. The molecule has 162 valence electrons. The first kappa shape index (κ1) is 19.4. The highest BCUT2D eigenvalue weighted by atomic mass is 19.1. The number of anilines is 1. The molecule has 0 radical (unpaired) electrons. The predicted molar refractivity (Wildman–Crippen MR) is 116 cm³/mol. The van der Waals surface area contributed by atoms with E-state index in [1.165, 1.54) is 12.1 Å². The van der Waals surface area contributed by atoms with E-state index in [9.17, 15) is 13.6 Å². The zero-order valence-electron chi connectivity index (χ0n) is 17.5. The van der Waals surface area contributed by atoms with Crippen molar-refractivity contribution in [1.29, 1.82) is 0 Å². The van der Waals surface area contributed by atoms with E-state index in [-0.39, 0.29) is 11.9 Å². The van der Waals surface area contributed by atoms with Crippen LogP contribution in [0.4, 0.5) is 14.5 Å². The van der Waals surface area contributed by atoms with Crippen molar-refractivity contribution < 1.29 is 18.3 Å². The summed E-state index contributed by atoms with van der Waals surface area (Å²) in [7, 11) is 0. The molecule has 6 rings (SSSR count). The van der Waals surface area contributed by atoms with Gasteiger partial charge in [-0.05, 0) is 41.8 Å². The molecule has 2 saturated heterocycles. The zero-order chi connectivity index (χ0) is 22.1. The largest absolute Gasteiger partial charge is 0.377 e. The number of ether oxygens (including phenoxy) is 1. The van der Waals surface area contributed by atoms with E-state index < -0.39 is 28.8 Å². The molecule has 3 aliphatic heterocycles. The van der Waals surface area contributed by atoms with Crippen LogP contribution in [0.15, 0.2) is 72.8 Å². The molecule has 0 saturated carbocycles. The molecule has 3 aliphatic rings. The topological polar surface area (TPSA) is 41.6 Å². The molecule has 6 heteroatoms. The first-order valence-corrected chi connectivity index (χ1v) is 10.8. The van der Waals surface area contributed by atoms with Gasteiger partial charge in [0.05, 0.1) is 18.7 Å². The molecule has 1 N–H and O–H groups in total. The van der Waals surface area contributed by atoms with Gasteiger partial charge in [-0.25, -0.2) is 8.78 Å². The van der Waals surface area contributed by atoms with Crippen LogP contribution in [-0.4, -0.2) is 23.1 Å². The average Bonchev–Trinajstić information content (AvgIpc) is 3.36. The number of para-hydroxylation sites is 1. The van der Waals surface area contributed by atoms with Crippen LogP contribution in [0.2, 0.25) is 0 Å². The second-order valence-corrected chi connectivity index (χ2v) is 9.06. The molecule has 3 heterocycles. The molecular formula is C26H22F2N2O2. The van der Waals surface area contributed by atoms with Gasteiger partial charge in [-0.1, -0.05) is 48.5 Å². The first-order valence-electron chi connectivity index (χ1n) is 10.8. The maximum Gasteiger partial charge on any atom is 0.238 e. The van der Waals surface area contributed by atoms with Crippen LogP contribution in [0.25, 0.3) is 0 Å². The van der Waals surface area contributed by atoms with Crippen LogP contribution in [0, 0.1) is 11.6 Å². The maximum atomic E-state index is 14.3. The lowest BCUT2D eigenvalue weighted by Crippen LogP contribution is -2.43. The van der Waals surface area contributed by atoms with Crippen molar-refractivity contribution in [3.8, 4) is 0 Å². The first-order chi connectivity index (χ1) is 15.4. The van der Waals surface area contributed by atoms with E-state index >= 15 is 0 Å². The Kier molecular flexibility index (Phi) is 4.02. The standard InChI is InChI=1S/C26H22F2N2O2/c1-25-15-26(24(31)30(25)22(14-32-25)16-7-3-2-4-8-16)20-9-5-6-10-21(20)29-23(26)17-11-18(27)13-19(28)12-17/h2-13,22-23,29H,14-15H2,1H3/t22-,23-,25-,26-/m1/s1. The highest BCUT2D eigenvalue weighted by Crippen LogP contribution is 2.61. The fourth-order valence-electron chi connectivity index (χ4n) is 5.93. The molecule has 1 amide bonds. The van der Waals surface area contributed by atoms with Gasteiger partial charge in [-0.15, -0.1) is 0 Å². The Morgan fingerprint density at radius 1 is 0.969 bits per heavy atom. The summed E-state index contributed by atoms with van der Waals surface area (Å²) in [5.41, 5.74) is 1.21. The molecule has 0 unspecified atom stereocenters. The number of nitrogens with one attached hydrogen (secondary N) is 1. The lowest BCUT2D eigenvalue weighted by molar-refractivity contribution is -0.139. The number of hydrogen-bond donors (Lipinski definition) is 1. The number of halogens is 2. The van der Waals surface area contributed by atoms with Gasteiger partial charge in [-0.3, -0.25) is 4.79 Å². The molecule has 2 fully saturated rings. The fraction of sp³-hybridized carbons (Fsp3) is 0.269. The van der Waals surface area contributed by atoms with Gasteiger partial charge in [-0.2, -0.15) is 0 Å².